The number of carbonyl (C=O) groups excluding carboxylic acids is 4. The fraction of sp³-hybridized carbons (Fsp3) is 0.455. The molecule has 3 aliphatic rings. The molecule has 146 valence electrons. The average molecular weight is 381 g/mol. The van der Waals surface area contributed by atoms with Crippen molar-refractivity contribution < 1.29 is 23.9 Å². The van der Waals surface area contributed by atoms with Crippen LogP contribution in [0.2, 0.25) is 0 Å². The van der Waals surface area contributed by atoms with Crippen molar-refractivity contribution in [2.45, 2.75) is 45.1 Å². The van der Waals surface area contributed by atoms with Crippen LogP contribution in [0, 0.1) is 11.8 Å². The monoisotopic (exact) mass is 381 g/mol. The van der Waals surface area contributed by atoms with Crippen LogP contribution in [-0.4, -0.2) is 41.1 Å². The maximum Gasteiger partial charge on any atom is 0.329 e. The van der Waals surface area contributed by atoms with Crippen LogP contribution in [-0.2, 0) is 32.0 Å². The quantitative estimate of drug-likeness (QED) is 0.338. The fourth-order valence-corrected chi connectivity index (χ4v) is 4.40. The Morgan fingerprint density at radius 2 is 1.71 bits per heavy atom. The van der Waals surface area contributed by atoms with Gasteiger partial charge in [-0.1, -0.05) is 24.3 Å². The molecule has 1 saturated heterocycles. The number of esters is 1. The maximum atomic E-state index is 12.6. The van der Waals surface area contributed by atoms with Crippen LogP contribution >= 0.6 is 0 Å². The highest BCUT2D eigenvalue weighted by Gasteiger charge is 2.50. The molecular formula is C22H23NO5. The molecule has 2 amide bonds. The number of likely N-dealkylation sites (tertiary alicyclic amines) is 1. The molecule has 6 heteroatoms. The van der Waals surface area contributed by atoms with Gasteiger partial charge in [-0.3, -0.25) is 19.3 Å². The maximum absolute atomic E-state index is 12.6. The van der Waals surface area contributed by atoms with Gasteiger partial charge in [-0.25, -0.2) is 4.79 Å². The van der Waals surface area contributed by atoms with Gasteiger partial charge in [-0.2, -0.15) is 0 Å². The second-order valence-electron chi connectivity index (χ2n) is 7.75. The van der Waals surface area contributed by atoms with Gasteiger partial charge in [0.1, 0.15) is 6.04 Å². The van der Waals surface area contributed by atoms with E-state index in [4.69, 9.17) is 4.74 Å². The number of fused-ring (bicyclic) bond motifs is 2. The van der Waals surface area contributed by atoms with Gasteiger partial charge in [0.05, 0.1) is 11.8 Å². The number of imide groups is 1. The van der Waals surface area contributed by atoms with E-state index in [1.165, 1.54) is 18.1 Å². The molecule has 0 aromatic heterocycles. The zero-order valence-electron chi connectivity index (χ0n) is 15.8. The lowest BCUT2D eigenvalue weighted by Crippen LogP contribution is -2.44. The number of carbonyl (C=O) groups is 4. The smallest absolute Gasteiger partial charge is 0.329 e. The molecule has 1 aromatic carbocycles. The van der Waals surface area contributed by atoms with Crippen molar-refractivity contribution in [1.29, 1.82) is 0 Å². The van der Waals surface area contributed by atoms with Gasteiger partial charge in [-0.15, -0.1) is 0 Å². The Morgan fingerprint density at radius 3 is 2.39 bits per heavy atom. The molecule has 4 rings (SSSR count). The van der Waals surface area contributed by atoms with Crippen molar-refractivity contribution in [3.63, 3.8) is 0 Å². The van der Waals surface area contributed by atoms with Crippen molar-refractivity contribution in [3.8, 4) is 0 Å². The summed E-state index contributed by atoms with van der Waals surface area (Å²) in [5, 5.41) is 0. The van der Waals surface area contributed by atoms with E-state index < -0.39 is 18.6 Å². The van der Waals surface area contributed by atoms with E-state index in [1.54, 1.807) is 6.07 Å². The first-order valence-electron chi connectivity index (χ1n) is 9.81. The Balaban J connectivity index is 1.38. The van der Waals surface area contributed by atoms with Crippen molar-refractivity contribution in [1.82, 2.24) is 4.90 Å². The molecule has 1 heterocycles. The van der Waals surface area contributed by atoms with E-state index in [1.807, 2.05) is 24.3 Å². The van der Waals surface area contributed by atoms with Crippen LogP contribution in [0.5, 0.6) is 0 Å². The summed E-state index contributed by atoms with van der Waals surface area (Å²) in [6.45, 7) is 1.08. The van der Waals surface area contributed by atoms with Gasteiger partial charge in [0.25, 0.3) is 0 Å². The predicted octanol–water partition coefficient (Wildman–Crippen LogP) is 2.24. The molecule has 28 heavy (non-hydrogen) atoms. The lowest BCUT2D eigenvalue weighted by Gasteiger charge is -2.21. The van der Waals surface area contributed by atoms with Gasteiger partial charge in [0.15, 0.2) is 12.4 Å². The van der Waals surface area contributed by atoms with Crippen molar-refractivity contribution >= 4 is 23.6 Å². The molecule has 0 unspecified atom stereocenters. The number of allylic oxidation sites excluding steroid dienone is 2. The van der Waals surface area contributed by atoms with E-state index in [9.17, 15) is 19.2 Å². The first-order chi connectivity index (χ1) is 13.5. The molecule has 2 aliphatic carbocycles. The molecule has 1 aliphatic heterocycles. The largest absolute Gasteiger partial charge is 0.456 e. The summed E-state index contributed by atoms with van der Waals surface area (Å²) in [6.07, 6.45) is 7.92. The molecule has 3 atom stereocenters. The molecule has 1 aromatic rings. The zero-order chi connectivity index (χ0) is 19.8. The first-order valence-corrected chi connectivity index (χ1v) is 9.81. The van der Waals surface area contributed by atoms with Crippen molar-refractivity contribution in [2.75, 3.05) is 6.61 Å². The van der Waals surface area contributed by atoms with Crippen LogP contribution in [0.4, 0.5) is 0 Å². The number of hydrogen-bond donors (Lipinski definition) is 0. The minimum atomic E-state index is -1.03. The topological polar surface area (TPSA) is 80.8 Å². The summed E-state index contributed by atoms with van der Waals surface area (Å²) >= 11 is 0. The summed E-state index contributed by atoms with van der Waals surface area (Å²) in [6, 6.07) is 4.55. The molecule has 0 radical (unpaired) electrons. The van der Waals surface area contributed by atoms with Gasteiger partial charge in [-0.05, 0) is 56.2 Å². The highest BCUT2D eigenvalue weighted by Crippen LogP contribution is 2.36. The number of rotatable bonds is 5. The number of hydrogen-bond acceptors (Lipinski definition) is 5. The van der Waals surface area contributed by atoms with Crippen LogP contribution in [0.1, 0.15) is 47.7 Å². The Labute approximate surface area is 163 Å². The Morgan fingerprint density at radius 1 is 1.07 bits per heavy atom. The third-order valence-corrected chi connectivity index (χ3v) is 6.04. The van der Waals surface area contributed by atoms with Gasteiger partial charge >= 0.3 is 5.97 Å². The second kappa shape index (κ2) is 7.34. The fourth-order valence-electron chi connectivity index (χ4n) is 4.40. The highest BCUT2D eigenvalue weighted by atomic mass is 16.5. The van der Waals surface area contributed by atoms with E-state index in [2.05, 4.69) is 0 Å². The molecule has 1 fully saturated rings. The number of Topliss-reactive ketones (excluding diaryl/α,β-unsaturated/α-hetero) is 1. The normalized spacial score (nSPS) is 24.1. The minimum absolute atomic E-state index is 0.285. The molecule has 0 saturated carbocycles. The summed E-state index contributed by atoms with van der Waals surface area (Å²) in [5.41, 5.74) is 2.96. The van der Waals surface area contributed by atoms with Crippen LogP contribution in [0.3, 0.4) is 0 Å². The number of nitrogens with zero attached hydrogens (tertiary/aromatic N) is 1. The lowest BCUT2D eigenvalue weighted by molar-refractivity contribution is -0.157. The number of aryl methyl sites for hydroxylation is 2. The number of amides is 2. The van der Waals surface area contributed by atoms with Gasteiger partial charge in [0.2, 0.25) is 11.8 Å². The molecular weight excluding hydrogens is 358 g/mol. The summed E-state index contributed by atoms with van der Waals surface area (Å²) in [5.74, 6) is -2.45. The molecule has 0 spiro atoms. The summed E-state index contributed by atoms with van der Waals surface area (Å²) < 4.78 is 5.15. The Hall–Kier alpha value is -2.76. The number of ketones is 1. The second-order valence-corrected chi connectivity index (χ2v) is 7.75. The van der Waals surface area contributed by atoms with E-state index >= 15 is 0 Å². The third kappa shape index (κ3) is 3.17. The molecule has 6 nitrogen and oxygen atoms in total. The van der Waals surface area contributed by atoms with Crippen LogP contribution in [0.15, 0.2) is 30.4 Å². The SMILES string of the molecule is C[C@@H](C(=O)OCC(=O)c1ccc2c(c1)CCC2)N1C(=O)[C@@H]2CC=CC[C@H]2C1=O. The van der Waals surface area contributed by atoms with Gasteiger partial charge < -0.3 is 4.74 Å². The molecule has 0 bridgehead atoms. The van der Waals surface area contributed by atoms with E-state index in [0.29, 0.717) is 18.4 Å². The van der Waals surface area contributed by atoms with Crippen LogP contribution < -0.4 is 0 Å². The zero-order valence-corrected chi connectivity index (χ0v) is 15.8. The minimum Gasteiger partial charge on any atom is -0.456 e. The van der Waals surface area contributed by atoms with Crippen molar-refractivity contribution in [2.24, 2.45) is 11.8 Å². The van der Waals surface area contributed by atoms with Crippen molar-refractivity contribution in [3.05, 3.63) is 47.0 Å². The third-order valence-electron chi connectivity index (χ3n) is 6.04. The lowest BCUT2D eigenvalue weighted by atomic mass is 9.85. The number of benzene rings is 1. The number of ether oxygens (including phenoxy) is 1. The van der Waals surface area contributed by atoms with E-state index in [0.717, 1.165) is 24.2 Å². The average Bonchev–Trinajstić information content (AvgIpc) is 3.28. The van der Waals surface area contributed by atoms with Crippen LogP contribution in [0.25, 0.3) is 0 Å². The van der Waals surface area contributed by atoms with Gasteiger partial charge in [0, 0.05) is 5.56 Å². The van der Waals surface area contributed by atoms with E-state index in [-0.39, 0.29) is 29.4 Å². The standard InChI is InChI=1S/C22H23NO5/c1-13(23-20(25)17-7-2-3-8-18(17)21(23)26)22(27)28-12-19(24)16-10-9-14-5-4-6-15(14)11-16/h2-3,9-11,13,17-18H,4-8,12H2,1H3/t13-,17+,18+/m0/s1. The Bertz CT molecular complexity index is 861. The first kappa shape index (κ1) is 18.6. The Kier molecular flexibility index (Phi) is 4.87. The predicted molar refractivity (Wildman–Crippen MR) is 100 cm³/mol. The summed E-state index contributed by atoms with van der Waals surface area (Å²) in [7, 11) is 0. The summed E-state index contributed by atoms with van der Waals surface area (Å²) in [4.78, 5) is 50.9. The molecule has 0 N–H and O–H groups in total. The highest BCUT2D eigenvalue weighted by molar-refractivity contribution is 6.08.